The van der Waals surface area contributed by atoms with Crippen molar-refractivity contribution in [3.8, 4) is 5.75 Å². The van der Waals surface area contributed by atoms with Crippen LogP contribution < -0.4 is 15.4 Å². The molecule has 0 aliphatic carbocycles. The molecule has 180 valence electrons. The van der Waals surface area contributed by atoms with Crippen LogP contribution in [0.3, 0.4) is 0 Å². The smallest absolute Gasteiger partial charge is 0.223 e. The van der Waals surface area contributed by atoms with Gasteiger partial charge in [-0.15, -0.1) is 5.10 Å². The highest BCUT2D eigenvalue weighted by Gasteiger charge is 2.30. The number of fused-ring (bicyclic) bond motifs is 3. The standard InChI is InChI=1S/C23H29FN8O2/c1-13-5-14(10-30(9-13)15-8-26-31(11-15)12-23(2,3)33)20-28-21-16-6-17(24)19(34-4)7-18(16)27-22(25)32(21)29-20/h6-8,11,13-14,33H,5,9-10,12H2,1-4H3,(H2,25,27)/t13-,14-/m1/s1. The Morgan fingerprint density at radius 1 is 1.26 bits per heavy atom. The van der Waals surface area contributed by atoms with Gasteiger partial charge in [-0.2, -0.15) is 9.61 Å². The molecule has 5 rings (SSSR count). The number of methoxy groups -OCH3 is 1. The highest BCUT2D eigenvalue weighted by atomic mass is 19.1. The van der Waals surface area contributed by atoms with E-state index in [1.54, 1.807) is 18.5 Å². The van der Waals surface area contributed by atoms with Gasteiger partial charge in [-0.25, -0.2) is 14.4 Å². The summed E-state index contributed by atoms with van der Waals surface area (Å²) in [7, 11) is 1.41. The molecular weight excluding hydrogens is 439 g/mol. The quantitative estimate of drug-likeness (QED) is 0.459. The molecular formula is C23H29FN8O2. The average molecular weight is 469 g/mol. The largest absolute Gasteiger partial charge is 0.494 e. The number of anilines is 2. The second-order valence-corrected chi connectivity index (χ2v) is 9.83. The topological polar surface area (TPSA) is 120 Å². The Hall–Kier alpha value is -3.47. The number of halogens is 1. The molecule has 0 spiro atoms. The Labute approximate surface area is 196 Å². The maximum absolute atomic E-state index is 14.4. The molecule has 4 aromatic rings. The number of rotatable bonds is 5. The van der Waals surface area contributed by atoms with Crippen molar-refractivity contribution in [2.45, 2.75) is 45.3 Å². The first-order valence-electron chi connectivity index (χ1n) is 11.3. The Kier molecular flexibility index (Phi) is 5.31. The van der Waals surface area contributed by atoms with E-state index in [9.17, 15) is 9.50 Å². The third kappa shape index (κ3) is 4.11. The van der Waals surface area contributed by atoms with Crippen molar-refractivity contribution in [1.82, 2.24) is 29.4 Å². The number of ether oxygens (including phenoxy) is 1. The Morgan fingerprint density at radius 2 is 2.06 bits per heavy atom. The molecule has 1 fully saturated rings. The predicted octanol–water partition coefficient (Wildman–Crippen LogP) is 2.60. The zero-order valence-corrected chi connectivity index (χ0v) is 19.7. The molecule has 1 aliphatic heterocycles. The summed E-state index contributed by atoms with van der Waals surface area (Å²) in [6.07, 6.45) is 4.69. The highest BCUT2D eigenvalue weighted by Crippen LogP contribution is 2.33. The summed E-state index contributed by atoms with van der Waals surface area (Å²) in [4.78, 5) is 11.4. The average Bonchev–Trinajstić information content (AvgIpc) is 3.40. The van der Waals surface area contributed by atoms with E-state index in [2.05, 4.69) is 27.0 Å². The van der Waals surface area contributed by atoms with Crippen LogP contribution in [0, 0.1) is 11.7 Å². The second-order valence-electron chi connectivity index (χ2n) is 9.83. The van der Waals surface area contributed by atoms with Gasteiger partial charge in [-0.1, -0.05) is 6.92 Å². The van der Waals surface area contributed by atoms with Crippen molar-refractivity contribution < 1.29 is 14.2 Å². The molecule has 2 atom stereocenters. The fraction of sp³-hybridized carbons (Fsp3) is 0.478. The van der Waals surface area contributed by atoms with Crippen LogP contribution in [0.15, 0.2) is 24.5 Å². The zero-order chi connectivity index (χ0) is 24.2. The van der Waals surface area contributed by atoms with Gasteiger partial charge in [0.1, 0.15) is 0 Å². The molecule has 0 amide bonds. The van der Waals surface area contributed by atoms with E-state index < -0.39 is 11.4 Å². The van der Waals surface area contributed by atoms with Gasteiger partial charge in [0.2, 0.25) is 5.95 Å². The number of aromatic nitrogens is 6. The lowest BCUT2D eigenvalue weighted by atomic mass is 9.90. The van der Waals surface area contributed by atoms with Gasteiger partial charge in [-0.05, 0) is 32.3 Å². The van der Waals surface area contributed by atoms with Crippen molar-refractivity contribution in [2.24, 2.45) is 5.92 Å². The maximum atomic E-state index is 14.4. The van der Waals surface area contributed by atoms with Crippen LogP contribution in [0.25, 0.3) is 16.6 Å². The van der Waals surface area contributed by atoms with Crippen molar-refractivity contribution in [1.29, 1.82) is 0 Å². The summed E-state index contributed by atoms with van der Waals surface area (Å²) in [6.45, 7) is 7.72. The fourth-order valence-electron chi connectivity index (χ4n) is 4.72. The van der Waals surface area contributed by atoms with Gasteiger partial charge < -0.3 is 20.5 Å². The van der Waals surface area contributed by atoms with Crippen LogP contribution in [-0.4, -0.2) is 60.3 Å². The van der Waals surface area contributed by atoms with Crippen molar-refractivity contribution in [3.63, 3.8) is 0 Å². The Bertz CT molecular complexity index is 1360. The van der Waals surface area contributed by atoms with Crippen molar-refractivity contribution >= 4 is 28.2 Å². The molecule has 0 bridgehead atoms. The number of benzene rings is 1. The van der Waals surface area contributed by atoms with Gasteiger partial charge in [0.15, 0.2) is 23.0 Å². The lowest BCUT2D eigenvalue weighted by Crippen LogP contribution is -2.39. The van der Waals surface area contributed by atoms with E-state index in [0.717, 1.165) is 18.7 Å². The summed E-state index contributed by atoms with van der Waals surface area (Å²) in [5.41, 5.74) is 7.29. The lowest BCUT2D eigenvalue weighted by molar-refractivity contribution is 0.0577. The predicted molar refractivity (Wildman–Crippen MR) is 126 cm³/mol. The molecule has 1 aromatic carbocycles. The zero-order valence-electron chi connectivity index (χ0n) is 19.7. The summed E-state index contributed by atoms with van der Waals surface area (Å²) in [6, 6.07) is 2.88. The molecule has 3 aromatic heterocycles. The number of hydrogen-bond acceptors (Lipinski definition) is 8. The van der Waals surface area contributed by atoms with Crippen LogP contribution in [0.4, 0.5) is 16.0 Å². The van der Waals surface area contributed by atoms with E-state index in [4.69, 9.17) is 15.5 Å². The summed E-state index contributed by atoms with van der Waals surface area (Å²) >= 11 is 0. The molecule has 0 saturated carbocycles. The van der Waals surface area contributed by atoms with E-state index in [1.807, 2.05) is 12.4 Å². The van der Waals surface area contributed by atoms with Gasteiger partial charge >= 0.3 is 0 Å². The first-order valence-corrected chi connectivity index (χ1v) is 11.3. The van der Waals surface area contributed by atoms with E-state index in [1.165, 1.54) is 23.8 Å². The van der Waals surface area contributed by atoms with Crippen LogP contribution in [0.1, 0.15) is 38.9 Å². The van der Waals surface area contributed by atoms with Gasteiger partial charge in [0.05, 0.1) is 36.7 Å². The van der Waals surface area contributed by atoms with Crippen LogP contribution >= 0.6 is 0 Å². The molecule has 0 radical (unpaired) electrons. The number of aliphatic hydroxyl groups is 1. The Morgan fingerprint density at radius 3 is 2.79 bits per heavy atom. The second kappa shape index (κ2) is 8.08. The molecule has 3 N–H and O–H groups in total. The molecule has 4 heterocycles. The van der Waals surface area contributed by atoms with E-state index in [-0.39, 0.29) is 17.6 Å². The molecule has 11 heteroatoms. The summed E-state index contributed by atoms with van der Waals surface area (Å²) in [5, 5.41) is 19.7. The SMILES string of the molecule is COc1cc2nc(N)n3nc([C@@H]4C[C@@H](C)CN(c5cnn(CC(C)(C)O)c5)C4)nc3c2cc1F. The number of nitrogens with two attached hydrogens (primary N) is 1. The monoisotopic (exact) mass is 468 g/mol. The van der Waals surface area contributed by atoms with Crippen molar-refractivity contribution in [3.05, 3.63) is 36.2 Å². The highest BCUT2D eigenvalue weighted by molar-refractivity contribution is 5.93. The minimum absolute atomic E-state index is 0.0545. The molecule has 1 saturated heterocycles. The molecule has 0 unspecified atom stereocenters. The minimum Gasteiger partial charge on any atom is -0.494 e. The Balaban J connectivity index is 1.48. The number of nitrogen functional groups attached to an aromatic ring is 1. The third-order valence-electron chi connectivity index (χ3n) is 6.15. The molecule has 34 heavy (non-hydrogen) atoms. The first kappa shape index (κ1) is 22.3. The lowest BCUT2D eigenvalue weighted by Gasteiger charge is -2.36. The molecule has 1 aliphatic rings. The number of piperidine rings is 1. The number of hydrogen-bond donors (Lipinski definition) is 2. The fourth-order valence-corrected chi connectivity index (χ4v) is 4.72. The first-order chi connectivity index (χ1) is 16.1. The van der Waals surface area contributed by atoms with E-state index >= 15 is 0 Å². The number of nitrogens with zero attached hydrogens (tertiary/aromatic N) is 7. The van der Waals surface area contributed by atoms with Gasteiger partial charge in [0.25, 0.3) is 0 Å². The van der Waals surface area contributed by atoms with Crippen molar-refractivity contribution in [2.75, 3.05) is 30.8 Å². The van der Waals surface area contributed by atoms with Crippen LogP contribution in [0.2, 0.25) is 0 Å². The van der Waals surface area contributed by atoms with Gasteiger partial charge in [-0.3, -0.25) is 4.68 Å². The summed E-state index contributed by atoms with van der Waals surface area (Å²) in [5.74, 6) is 0.899. The van der Waals surface area contributed by atoms with Crippen LogP contribution in [0.5, 0.6) is 5.75 Å². The van der Waals surface area contributed by atoms with Crippen LogP contribution in [-0.2, 0) is 6.54 Å². The van der Waals surface area contributed by atoms with Gasteiger partial charge in [0, 0.05) is 36.7 Å². The third-order valence-corrected chi connectivity index (χ3v) is 6.15. The molecule has 10 nitrogen and oxygen atoms in total. The minimum atomic E-state index is -0.846. The summed E-state index contributed by atoms with van der Waals surface area (Å²) < 4.78 is 22.7. The normalized spacial score (nSPS) is 19.3. The maximum Gasteiger partial charge on any atom is 0.223 e. The van der Waals surface area contributed by atoms with E-state index in [0.29, 0.717) is 41.4 Å².